The summed E-state index contributed by atoms with van der Waals surface area (Å²) in [4.78, 5) is 0. The first kappa shape index (κ1) is 9.98. The minimum Gasteiger partial charge on any atom is -0.312 e. The Kier molecular flexibility index (Phi) is 3.08. The number of hydrogen-bond donors (Lipinski definition) is 1. The van der Waals surface area contributed by atoms with Crippen LogP contribution in [0.15, 0.2) is 0 Å². The molecule has 2 saturated carbocycles. The van der Waals surface area contributed by atoms with E-state index in [-0.39, 0.29) is 5.92 Å². The number of nitrogens with zero attached hydrogens (tertiary/aromatic N) is 1. The molecule has 0 heterocycles. The molecule has 0 aromatic rings. The third-order valence-electron chi connectivity index (χ3n) is 3.85. The molecule has 0 saturated heterocycles. The highest BCUT2D eigenvalue weighted by Crippen LogP contribution is 2.37. The van der Waals surface area contributed by atoms with E-state index in [1.54, 1.807) is 0 Å². The van der Waals surface area contributed by atoms with Crippen LogP contribution in [0.3, 0.4) is 0 Å². The van der Waals surface area contributed by atoms with Crippen molar-refractivity contribution in [3.63, 3.8) is 0 Å². The Hall–Kier alpha value is -0.550. The SMILES string of the molecule is CC1CC1CNC1CCCCC1C#N. The first-order valence-electron chi connectivity index (χ1n) is 5.94. The van der Waals surface area contributed by atoms with Crippen molar-refractivity contribution in [1.82, 2.24) is 5.32 Å². The minimum atomic E-state index is 0.276. The molecule has 0 aromatic carbocycles. The maximum atomic E-state index is 9.00. The van der Waals surface area contributed by atoms with Gasteiger partial charge in [0.2, 0.25) is 0 Å². The Morgan fingerprint density at radius 3 is 2.71 bits per heavy atom. The minimum absolute atomic E-state index is 0.276. The van der Waals surface area contributed by atoms with Crippen molar-refractivity contribution in [2.45, 2.75) is 45.1 Å². The topological polar surface area (TPSA) is 35.8 Å². The second kappa shape index (κ2) is 4.31. The molecule has 0 amide bonds. The van der Waals surface area contributed by atoms with E-state index in [4.69, 9.17) is 5.26 Å². The van der Waals surface area contributed by atoms with Crippen LogP contribution in [-0.2, 0) is 0 Å². The highest BCUT2D eigenvalue weighted by atomic mass is 14.9. The van der Waals surface area contributed by atoms with Gasteiger partial charge in [0.25, 0.3) is 0 Å². The molecule has 0 aromatic heterocycles. The molecule has 0 aliphatic heterocycles. The van der Waals surface area contributed by atoms with Crippen LogP contribution in [0.25, 0.3) is 0 Å². The number of nitriles is 1. The third-order valence-corrected chi connectivity index (χ3v) is 3.85. The summed E-state index contributed by atoms with van der Waals surface area (Å²) in [5.74, 6) is 2.10. The van der Waals surface area contributed by atoms with Crippen LogP contribution in [0.5, 0.6) is 0 Å². The maximum absolute atomic E-state index is 9.00. The second-order valence-corrected chi connectivity index (χ2v) is 5.01. The molecule has 2 fully saturated rings. The summed E-state index contributed by atoms with van der Waals surface area (Å²) in [6.45, 7) is 3.46. The predicted octanol–water partition coefficient (Wildman–Crippen LogP) is 2.31. The molecule has 1 N–H and O–H groups in total. The zero-order valence-electron chi connectivity index (χ0n) is 9.00. The quantitative estimate of drug-likeness (QED) is 0.745. The van der Waals surface area contributed by atoms with Crippen LogP contribution < -0.4 is 5.32 Å². The molecule has 0 radical (unpaired) electrons. The lowest BCUT2D eigenvalue weighted by Crippen LogP contribution is -2.39. The van der Waals surface area contributed by atoms with Crippen molar-refractivity contribution in [3.05, 3.63) is 0 Å². The van der Waals surface area contributed by atoms with Gasteiger partial charge in [-0.05, 0) is 37.6 Å². The van der Waals surface area contributed by atoms with Crippen LogP contribution in [0.1, 0.15) is 39.0 Å². The monoisotopic (exact) mass is 192 g/mol. The summed E-state index contributed by atoms with van der Waals surface area (Å²) < 4.78 is 0. The van der Waals surface area contributed by atoms with E-state index < -0.39 is 0 Å². The fraction of sp³-hybridized carbons (Fsp3) is 0.917. The van der Waals surface area contributed by atoms with Crippen LogP contribution >= 0.6 is 0 Å². The molecule has 2 aliphatic carbocycles. The van der Waals surface area contributed by atoms with E-state index in [1.807, 2.05) is 0 Å². The van der Waals surface area contributed by atoms with Gasteiger partial charge in [-0.15, -0.1) is 0 Å². The van der Waals surface area contributed by atoms with Crippen molar-refractivity contribution >= 4 is 0 Å². The average molecular weight is 192 g/mol. The van der Waals surface area contributed by atoms with Crippen LogP contribution in [-0.4, -0.2) is 12.6 Å². The number of hydrogen-bond acceptors (Lipinski definition) is 2. The summed E-state index contributed by atoms with van der Waals surface area (Å²) in [5.41, 5.74) is 0. The average Bonchev–Trinajstić information content (AvgIpc) is 2.92. The number of rotatable bonds is 3. The molecule has 2 aliphatic rings. The summed E-state index contributed by atoms with van der Waals surface area (Å²) in [6.07, 6.45) is 6.25. The summed E-state index contributed by atoms with van der Waals surface area (Å²) in [7, 11) is 0. The Morgan fingerprint density at radius 2 is 2.07 bits per heavy atom. The molecule has 4 atom stereocenters. The molecule has 0 spiro atoms. The first-order chi connectivity index (χ1) is 6.81. The fourth-order valence-electron chi connectivity index (χ4n) is 2.52. The Balaban J connectivity index is 1.74. The molecule has 4 unspecified atom stereocenters. The van der Waals surface area contributed by atoms with Crippen molar-refractivity contribution in [1.29, 1.82) is 5.26 Å². The normalized spacial score (nSPS) is 41.7. The Bertz CT molecular complexity index is 231. The summed E-state index contributed by atoms with van der Waals surface area (Å²) in [5, 5.41) is 12.6. The van der Waals surface area contributed by atoms with Crippen LogP contribution in [0.4, 0.5) is 0 Å². The smallest absolute Gasteiger partial charge is 0.0672 e. The van der Waals surface area contributed by atoms with Crippen molar-refractivity contribution < 1.29 is 0 Å². The molecular weight excluding hydrogens is 172 g/mol. The largest absolute Gasteiger partial charge is 0.312 e. The highest BCUT2D eigenvalue weighted by molar-refractivity contribution is 4.96. The van der Waals surface area contributed by atoms with Crippen molar-refractivity contribution in [2.24, 2.45) is 17.8 Å². The molecule has 0 bridgehead atoms. The van der Waals surface area contributed by atoms with E-state index in [1.165, 1.54) is 25.7 Å². The maximum Gasteiger partial charge on any atom is 0.0672 e. The van der Waals surface area contributed by atoms with E-state index >= 15 is 0 Å². The van der Waals surface area contributed by atoms with Gasteiger partial charge in [0.1, 0.15) is 0 Å². The molecule has 14 heavy (non-hydrogen) atoms. The van der Waals surface area contributed by atoms with Gasteiger partial charge < -0.3 is 5.32 Å². The Labute approximate surface area is 86.7 Å². The molecule has 2 rings (SSSR count). The zero-order chi connectivity index (χ0) is 9.97. The molecule has 2 heteroatoms. The van der Waals surface area contributed by atoms with Gasteiger partial charge in [-0.3, -0.25) is 0 Å². The standard InChI is InChI=1S/C12H20N2/c1-9-6-11(9)8-14-12-5-3-2-4-10(12)7-13/h9-12,14H,2-6,8H2,1H3. The first-order valence-corrected chi connectivity index (χ1v) is 5.94. The second-order valence-electron chi connectivity index (χ2n) is 5.01. The summed E-state index contributed by atoms with van der Waals surface area (Å²) in [6, 6.07) is 2.93. The highest BCUT2D eigenvalue weighted by Gasteiger charge is 2.33. The van der Waals surface area contributed by atoms with E-state index in [9.17, 15) is 0 Å². The van der Waals surface area contributed by atoms with Crippen molar-refractivity contribution in [3.8, 4) is 6.07 Å². The lowest BCUT2D eigenvalue weighted by molar-refractivity contribution is 0.308. The van der Waals surface area contributed by atoms with Gasteiger partial charge in [-0.2, -0.15) is 5.26 Å². The van der Waals surface area contributed by atoms with Gasteiger partial charge >= 0.3 is 0 Å². The lowest BCUT2D eigenvalue weighted by atomic mass is 9.85. The summed E-state index contributed by atoms with van der Waals surface area (Å²) >= 11 is 0. The lowest BCUT2D eigenvalue weighted by Gasteiger charge is -2.27. The van der Waals surface area contributed by atoms with E-state index in [2.05, 4.69) is 18.3 Å². The van der Waals surface area contributed by atoms with Gasteiger partial charge in [-0.25, -0.2) is 0 Å². The van der Waals surface area contributed by atoms with Crippen molar-refractivity contribution in [2.75, 3.05) is 6.54 Å². The van der Waals surface area contributed by atoms with Crippen LogP contribution in [0, 0.1) is 29.1 Å². The van der Waals surface area contributed by atoms with Gasteiger partial charge in [0, 0.05) is 6.04 Å². The molecule has 78 valence electrons. The third kappa shape index (κ3) is 2.27. The van der Waals surface area contributed by atoms with Crippen LogP contribution in [0.2, 0.25) is 0 Å². The van der Waals surface area contributed by atoms with Gasteiger partial charge in [-0.1, -0.05) is 19.8 Å². The zero-order valence-corrected chi connectivity index (χ0v) is 9.00. The number of nitrogens with one attached hydrogen (secondary N) is 1. The van der Waals surface area contributed by atoms with E-state index in [0.717, 1.165) is 24.8 Å². The van der Waals surface area contributed by atoms with E-state index in [0.29, 0.717) is 6.04 Å². The molecule has 2 nitrogen and oxygen atoms in total. The van der Waals surface area contributed by atoms with Gasteiger partial charge in [0.15, 0.2) is 0 Å². The predicted molar refractivity (Wildman–Crippen MR) is 56.6 cm³/mol. The molecular formula is C12H20N2. The Morgan fingerprint density at radius 1 is 1.36 bits per heavy atom. The fourth-order valence-corrected chi connectivity index (χ4v) is 2.52. The van der Waals surface area contributed by atoms with Gasteiger partial charge in [0.05, 0.1) is 12.0 Å².